The van der Waals surface area contributed by atoms with Crippen LogP contribution < -0.4 is 10.1 Å². The van der Waals surface area contributed by atoms with Crippen molar-refractivity contribution >= 4 is 27.7 Å². The highest BCUT2D eigenvalue weighted by atomic mass is 79.9. The molecule has 0 aromatic heterocycles. The number of hydrogen-bond donors (Lipinski definition) is 1. The number of hydrogen-bond acceptors (Lipinski definition) is 3. The van der Waals surface area contributed by atoms with Crippen LogP contribution in [0.4, 0.5) is 0 Å². The summed E-state index contributed by atoms with van der Waals surface area (Å²) in [6.45, 7) is 1.10. The van der Waals surface area contributed by atoms with Gasteiger partial charge in [-0.3, -0.25) is 0 Å². The van der Waals surface area contributed by atoms with Crippen molar-refractivity contribution in [3.63, 3.8) is 0 Å². The van der Waals surface area contributed by atoms with Crippen LogP contribution in [0.25, 0.3) is 0 Å². The van der Waals surface area contributed by atoms with Crippen LogP contribution in [-0.2, 0) is 0 Å². The van der Waals surface area contributed by atoms with Crippen LogP contribution in [0.5, 0.6) is 5.75 Å². The van der Waals surface area contributed by atoms with Crippen molar-refractivity contribution in [3.8, 4) is 5.75 Å². The number of nitrogens with one attached hydrogen (secondary N) is 1. The Hall–Kier alpha value is -0.190. The van der Waals surface area contributed by atoms with Gasteiger partial charge in [-0.1, -0.05) is 6.07 Å². The molecule has 15 heavy (non-hydrogen) atoms. The van der Waals surface area contributed by atoms with Crippen molar-refractivity contribution in [2.75, 3.05) is 25.2 Å². The number of halogens is 1. The minimum atomic E-state index is 0.478. The molecule has 82 valence electrons. The first-order valence-electron chi connectivity index (χ1n) is 4.96. The zero-order valence-corrected chi connectivity index (χ0v) is 11.0. The minimum Gasteiger partial charge on any atom is -0.496 e. The van der Waals surface area contributed by atoms with E-state index in [1.807, 2.05) is 17.8 Å². The molecule has 4 heteroatoms. The van der Waals surface area contributed by atoms with Gasteiger partial charge in [-0.15, -0.1) is 0 Å². The summed E-state index contributed by atoms with van der Waals surface area (Å²) in [5.41, 5.74) is 1.33. The average molecular weight is 288 g/mol. The van der Waals surface area contributed by atoms with Gasteiger partial charge in [-0.25, -0.2) is 0 Å². The fourth-order valence-corrected chi connectivity index (χ4v) is 3.21. The highest BCUT2D eigenvalue weighted by Gasteiger charge is 2.15. The van der Waals surface area contributed by atoms with Crippen LogP contribution in [0.15, 0.2) is 22.7 Å². The summed E-state index contributed by atoms with van der Waals surface area (Å²) >= 11 is 5.52. The van der Waals surface area contributed by atoms with Crippen LogP contribution in [-0.4, -0.2) is 25.2 Å². The zero-order valence-electron chi connectivity index (χ0n) is 8.63. The number of rotatable bonds is 2. The van der Waals surface area contributed by atoms with Gasteiger partial charge in [0.05, 0.1) is 11.6 Å². The van der Waals surface area contributed by atoms with Gasteiger partial charge in [0.1, 0.15) is 5.75 Å². The van der Waals surface area contributed by atoms with E-state index < -0.39 is 0 Å². The second-order valence-electron chi connectivity index (χ2n) is 3.48. The molecule has 1 heterocycles. The molecule has 0 saturated carbocycles. The van der Waals surface area contributed by atoms with Gasteiger partial charge in [-0.2, -0.15) is 11.8 Å². The van der Waals surface area contributed by atoms with Gasteiger partial charge in [0.25, 0.3) is 0 Å². The molecule has 1 aromatic rings. The molecule has 1 saturated heterocycles. The topological polar surface area (TPSA) is 21.3 Å². The normalized spacial score (nSPS) is 21.3. The van der Waals surface area contributed by atoms with E-state index in [-0.39, 0.29) is 0 Å². The van der Waals surface area contributed by atoms with Crippen molar-refractivity contribution in [3.05, 3.63) is 28.2 Å². The molecule has 0 radical (unpaired) electrons. The molecule has 0 bridgehead atoms. The largest absolute Gasteiger partial charge is 0.496 e. The lowest BCUT2D eigenvalue weighted by Crippen LogP contribution is -2.30. The minimum absolute atomic E-state index is 0.478. The predicted molar refractivity (Wildman–Crippen MR) is 68.8 cm³/mol. The molecule has 2 rings (SSSR count). The highest BCUT2D eigenvalue weighted by Crippen LogP contribution is 2.30. The SMILES string of the molecule is COc1ccc(C2CSCCN2)cc1Br. The smallest absolute Gasteiger partial charge is 0.133 e. The molecule has 2 nitrogen and oxygen atoms in total. The van der Waals surface area contributed by atoms with E-state index in [1.165, 1.54) is 11.3 Å². The maximum absolute atomic E-state index is 5.21. The monoisotopic (exact) mass is 287 g/mol. The van der Waals surface area contributed by atoms with Gasteiger partial charge >= 0.3 is 0 Å². The average Bonchev–Trinajstić information content (AvgIpc) is 2.30. The summed E-state index contributed by atoms with van der Waals surface area (Å²) in [4.78, 5) is 0. The maximum Gasteiger partial charge on any atom is 0.133 e. The first-order chi connectivity index (χ1) is 7.31. The first kappa shape index (κ1) is 11.3. The van der Waals surface area contributed by atoms with Crippen molar-refractivity contribution in [2.24, 2.45) is 0 Å². The molecule has 1 aliphatic rings. The first-order valence-corrected chi connectivity index (χ1v) is 6.90. The van der Waals surface area contributed by atoms with Gasteiger partial charge in [0.15, 0.2) is 0 Å². The standard InChI is InChI=1S/C11H14BrNOS/c1-14-11-3-2-8(6-9(11)12)10-7-15-5-4-13-10/h2-3,6,10,13H,4-5,7H2,1H3. The van der Waals surface area contributed by atoms with Crippen molar-refractivity contribution in [1.82, 2.24) is 5.32 Å². The Morgan fingerprint density at radius 1 is 1.53 bits per heavy atom. The Morgan fingerprint density at radius 3 is 3.00 bits per heavy atom. The molecule has 0 amide bonds. The van der Waals surface area contributed by atoms with Crippen molar-refractivity contribution < 1.29 is 4.74 Å². The lowest BCUT2D eigenvalue weighted by molar-refractivity contribution is 0.411. The Labute approximate surface area is 103 Å². The predicted octanol–water partition coefficient (Wildman–Crippen LogP) is 2.84. The summed E-state index contributed by atoms with van der Waals surface area (Å²) in [6, 6.07) is 6.77. The van der Waals surface area contributed by atoms with Crippen molar-refractivity contribution in [1.29, 1.82) is 0 Å². The Morgan fingerprint density at radius 2 is 2.40 bits per heavy atom. The molecule has 0 aliphatic carbocycles. The maximum atomic E-state index is 5.21. The fourth-order valence-electron chi connectivity index (χ4n) is 1.68. The lowest BCUT2D eigenvalue weighted by atomic mass is 10.1. The molecule has 1 unspecified atom stereocenters. The molecule has 1 fully saturated rings. The Balaban J connectivity index is 2.17. The van der Waals surface area contributed by atoms with Gasteiger partial charge in [-0.05, 0) is 33.6 Å². The van der Waals surface area contributed by atoms with Crippen LogP contribution in [0, 0.1) is 0 Å². The third-order valence-electron chi connectivity index (χ3n) is 2.50. The molecule has 1 aliphatic heterocycles. The molecular weight excluding hydrogens is 274 g/mol. The zero-order chi connectivity index (χ0) is 10.7. The Bertz CT molecular complexity index is 339. The number of ether oxygens (including phenoxy) is 1. The van der Waals surface area contributed by atoms with E-state index in [1.54, 1.807) is 7.11 Å². The van der Waals surface area contributed by atoms with Crippen LogP contribution in [0.2, 0.25) is 0 Å². The quantitative estimate of drug-likeness (QED) is 0.904. The summed E-state index contributed by atoms with van der Waals surface area (Å²) in [5.74, 6) is 3.26. The molecule has 1 aromatic carbocycles. The number of benzene rings is 1. The molecule has 1 N–H and O–H groups in total. The van der Waals surface area contributed by atoms with Gasteiger partial charge in [0, 0.05) is 24.1 Å². The molecular formula is C11H14BrNOS. The second-order valence-corrected chi connectivity index (χ2v) is 5.48. The van der Waals surface area contributed by atoms with Gasteiger partial charge < -0.3 is 10.1 Å². The summed E-state index contributed by atoms with van der Waals surface area (Å²) in [6.07, 6.45) is 0. The van der Waals surface area contributed by atoms with E-state index in [0.717, 1.165) is 22.5 Å². The van der Waals surface area contributed by atoms with Crippen LogP contribution >= 0.6 is 27.7 Å². The highest BCUT2D eigenvalue weighted by molar-refractivity contribution is 9.10. The summed E-state index contributed by atoms with van der Waals surface area (Å²) < 4.78 is 6.24. The summed E-state index contributed by atoms with van der Waals surface area (Å²) in [7, 11) is 1.69. The molecule has 1 atom stereocenters. The van der Waals surface area contributed by atoms with Gasteiger partial charge in [0.2, 0.25) is 0 Å². The van der Waals surface area contributed by atoms with E-state index in [2.05, 4.69) is 33.4 Å². The van der Waals surface area contributed by atoms with Crippen LogP contribution in [0.3, 0.4) is 0 Å². The Kier molecular flexibility index (Phi) is 3.94. The summed E-state index contributed by atoms with van der Waals surface area (Å²) in [5, 5.41) is 3.52. The van der Waals surface area contributed by atoms with E-state index in [9.17, 15) is 0 Å². The fraction of sp³-hybridized carbons (Fsp3) is 0.455. The number of thioether (sulfide) groups is 1. The lowest BCUT2D eigenvalue weighted by Gasteiger charge is -2.23. The van der Waals surface area contributed by atoms with Crippen molar-refractivity contribution in [2.45, 2.75) is 6.04 Å². The second kappa shape index (κ2) is 5.23. The number of methoxy groups -OCH3 is 1. The third-order valence-corrected chi connectivity index (χ3v) is 4.18. The third kappa shape index (κ3) is 2.68. The molecule has 0 spiro atoms. The van der Waals surface area contributed by atoms with Crippen LogP contribution in [0.1, 0.15) is 11.6 Å². The van der Waals surface area contributed by atoms with E-state index in [4.69, 9.17) is 4.74 Å². The van der Waals surface area contributed by atoms with E-state index >= 15 is 0 Å². The van der Waals surface area contributed by atoms with E-state index in [0.29, 0.717) is 6.04 Å².